The SMILES string of the molecule is C1=CC2c3cccc4c(-c5cccc(-c6ccc7c(c6)-c6cccc8cccc(c68)O7)c5)ccc(c34)C2C=C1. The van der Waals surface area contributed by atoms with Gasteiger partial charge in [-0.25, -0.2) is 0 Å². The van der Waals surface area contributed by atoms with Crippen LogP contribution in [0.25, 0.3) is 54.9 Å². The van der Waals surface area contributed by atoms with Crippen LogP contribution in [0.1, 0.15) is 23.0 Å². The molecule has 1 nitrogen and oxygen atoms in total. The number of ether oxygens (including phenoxy) is 1. The summed E-state index contributed by atoms with van der Waals surface area (Å²) in [4.78, 5) is 0. The van der Waals surface area contributed by atoms with Gasteiger partial charge in [0.05, 0.1) is 0 Å². The molecule has 39 heavy (non-hydrogen) atoms. The minimum Gasteiger partial charge on any atom is -0.456 e. The van der Waals surface area contributed by atoms with E-state index in [0.717, 1.165) is 17.1 Å². The first-order chi connectivity index (χ1) is 19.3. The molecular formula is C38H24O. The van der Waals surface area contributed by atoms with Gasteiger partial charge >= 0.3 is 0 Å². The summed E-state index contributed by atoms with van der Waals surface area (Å²) in [5, 5.41) is 5.18. The molecule has 0 amide bonds. The van der Waals surface area contributed by atoms with Crippen molar-refractivity contribution in [3.8, 4) is 44.9 Å². The molecule has 1 heterocycles. The molecule has 0 radical (unpaired) electrons. The van der Waals surface area contributed by atoms with Crippen LogP contribution in [0.3, 0.4) is 0 Å². The third-order valence-corrected chi connectivity index (χ3v) is 8.82. The number of hydrogen-bond donors (Lipinski definition) is 0. The second-order valence-corrected chi connectivity index (χ2v) is 10.8. The van der Waals surface area contributed by atoms with E-state index in [9.17, 15) is 0 Å². The van der Waals surface area contributed by atoms with E-state index in [-0.39, 0.29) is 0 Å². The summed E-state index contributed by atoms with van der Waals surface area (Å²) >= 11 is 0. The van der Waals surface area contributed by atoms with Crippen LogP contribution in [-0.2, 0) is 0 Å². The molecule has 6 aromatic carbocycles. The van der Waals surface area contributed by atoms with Gasteiger partial charge in [0.25, 0.3) is 0 Å². The van der Waals surface area contributed by atoms with Crippen molar-refractivity contribution < 1.29 is 4.74 Å². The van der Waals surface area contributed by atoms with Crippen LogP contribution in [0.4, 0.5) is 0 Å². The number of allylic oxidation sites excluding steroid dienone is 4. The van der Waals surface area contributed by atoms with E-state index in [1.807, 2.05) is 0 Å². The van der Waals surface area contributed by atoms with E-state index in [0.29, 0.717) is 11.8 Å². The Labute approximate surface area is 227 Å². The average Bonchev–Trinajstić information content (AvgIpc) is 3.33. The molecule has 1 heteroatoms. The Morgan fingerprint density at radius 1 is 0.462 bits per heavy atom. The minimum absolute atomic E-state index is 0.447. The van der Waals surface area contributed by atoms with Gasteiger partial charge in [-0.2, -0.15) is 0 Å². The summed E-state index contributed by atoms with van der Waals surface area (Å²) in [5.74, 6) is 2.74. The van der Waals surface area contributed by atoms with Gasteiger partial charge in [0.1, 0.15) is 11.5 Å². The Bertz CT molecular complexity index is 2030. The molecule has 2 atom stereocenters. The molecule has 0 saturated heterocycles. The quantitative estimate of drug-likeness (QED) is 0.231. The van der Waals surface area contributed by atoms with Crippen LogP contribution in [0, 0.1) is 0 Å². The van der Waals surface area contributed by atoms with Gasteiger partial charge in [-0.1, -0.05) is 109 Å². The molecule has 0 aromatic heterocycles. The third kappa shape index (κ3) is 2.96. The van der Waals surface area contributed by atoms with Crippen molar-refractivity contribution in [3.05, 3.63) is 145 Å². The normalized spacial score (nSPS) is 17.7. The monoisotopic (exact) mass is 496 g/mol. The molecule has 0 spiro atoms. The van der Waals surface area contributed by atoms with Gasteiger partial charge in [-0.05, 0) is 79.4 Å². The largest absolute Gasteiger partial charge is 0.456 e. The first-order valence-electron chi connectivity index (χ1n) is 13.7. The summed E-state index contributed by atoms with van der Waals surface area (Å²) in [6.45, 7) is 0. The highest BCUT2D eigenvalue weighted by molar-refractivity contribution is 6.05. The number of hydrogen-bond acceptors (Lipinski definition) is 1. The molecule has 182 valence electrons. The predicted octanol–water partition coefficient (Wildman–Crippen LogP) is 10.4. The summed E-state index contributed by atoms with van der Waals surface area (Å²) in [6.07, 6.45) is 9.11. The molecule has 2 aliphatic carbocycles. The fourth-order valence-electron chi connectivity index (χ4n) is 7.08. The van der Waals surface area contributed by atoms with Crippen molar-refractivity contribution in [3.63, 3.8) is 0 Å². The molecular weight excluding hydrogens is 472 g/mol. The molecule has 6 aromatic rings. The first kappa shape index (κ1) is 21.1. The van der Waals surface area contributed by atoms with Crippen molar-refractivity contribution in [2.24, 2.45) is 0 Å². The van der Waals surface area contributed by atoms with Gasteiger partial charge in [0, 0.05) is 22.8 Å². The number of rotatable bonds is 2. The molecule has 0 saturated carbocycles. The van der Waals surface area contributed by atoms with E-state index in [1.165, 1.54) is 60.5 Å². The molecule has 9 rings (SSSR count). The Balaban J connectivity index is 1.18. The lowest BCUT2D eigenvalue weighted by molar-refractivity contribution is 0.487. The molecule has 0 N–H and O–H groups in total. The van der Waals surface area contributed by atoms with E-state index in [4.69, 9.17) is 4.74 Å². The smallest absolute Gasteiger partial charge is 0.135 e. The highest BCUT2D eigenvalue weighted by Gasteiger charge is 2.32. The standard InChI is InChI=1S/C38H24O/c1-2-12-29-28(11-1)31-15-6-14-30-27(18-19-33(29)38(30)31)26-10-3-9-24(21-26)25-17-20-35-34(22-25)32-13-4-7-23-8-5-16-36(39-35)37(23)32/h1-22,28-29H. The average molecular weight is 497 g/mol. The molecule has 0 bridgehead atoms. The predicted molar refractivity (Wildman–Crippen MR) is 162 cm³/mol. The maximum atomic E-state index is 6.34. The summed E-state index contributed by atoms with van der Waals surface area (Å²) < 4.78 is 6.34. The fourth-order valence-corrected chi connectivity index (χ4v) is 7.08. The van der Waals surface area contributed by atoms with Crippen LogP contribution < -0.4 is 4.74 Å². The topological polar surface area (TPSA) is 9.23 Å². The van der Waals surface area contributed by atoms with Crippen LogP contribution in [0.5, 0.6) is 11.5 Å². The van der Waals surface area contributed by atoms with Crippen LogP contribution in [0.2, 0.25) is 0 Å². The van der Waals surface area contributed by atoms with Crippen molar-refractivity contribution in [2.45, 2.75) is 11.8 Å². The maximum Gasteiger partial charge on any atom is 0.135 e. The minimum atomic E-state index is 0.447. The maximum absolute atomic E-state index is 6.34. The zero-order valence-corrected chi connectivity index (χ0v) is 21.3. The highest BCUT2D eigenvalue weighted by atomic mass is 16.5. The van der Waals surface area contributed by atoms with E-state index in [2.05, 4.69) is 133 Å². The number of fused-ring (bicyclic) bond motifs is 5. The van der Waals surface area contributed by atoms with Gasteiger partial charge < -0.3 is 4.74 Å². The Morgan fingerprint density at radius 3 is 2.10 bits per heavy atom. The second-order valence-electron chi connectivity index (χ2n) is 10.8. The van der Waals surface area contributed by atoms with Crippen molar-refractivity contribution in [2.75, 3.05) is 0 Å². The fraction of sp³-hybridized carbons (Fsp3) is 0.0526. The number of benzene rings is 6. The Morgan fingerprint density at radius 2 is 1.21 bits per heavy atom. The van der Waals surface area contributed by atoms with E-state index in [1.54, 1.807) is 0 Å². The lowest BCUT2D eigenvalue weighted by Crippen LogP contribution is -2.01. The van der Waals surface area contributed by atoms with Crippen molar-refractivity contribution in [1.82, 2.24) is 0 Å². The zero-order valence-electron chi connectivity index (χ0n) is 21.3. The van der Waals surface area contributed by atoms with E-state index < -0.39 is 0 Å². The third-order valence-electron chi connectivity index (χ3n) is 8.82. The highest BCUT2D eigenvalue weighted by Crippen LogP contribution is 2.51. The summed E-state index contributed by atoms with van der Waals surface area (Å²) in [5.41, 5.74) is 10.2. The summed E-state index contributed by atoms with van der Waals surface area (Å²) in [7, 11) is 0. The molecule has 1 aliphatic heterocycles. The zero-order chi connectivity index (χ0) is 25.5. The molecule has 3 aliphatic rings. The Hall–Kier alpha value is -4.88. The molecule has 2 unspecified atom stereocenters. The van der Waals surface area contributed by atoms with E-state index >= 15 is 0 Å². The first-order valence-corrected chi connectivity index (χ1v) is 13.7. The van der Waals surface area contributed by atoms with Gasteiger partial charge in [0.2, 0.25) is 0 Å². The van der Waals surface area contributed by atoms with Gasteiger partial charge in [-0.15, -0.1) is 0 Å². The lowest BCUT2D eigenvalue weighted by Gasteiger charge is -2.22. The van der Waals surface area contributed by atoms with Crippen LogP contribution >= 0.6 is 0 Å². The molecule has 0 fully saturated rings. The second kappa shape index (κ2) is 7.82. The lowest BCUT2D eigenvalue weighted by atomic mass is 9.86. The van der Waals surface area contributed by atoms with Crippen LogP contribution in [-0.4, -0.2) is 0 Å². The van der Waals surface area contributed by atoms with Crippen molar-refractivity contribution >= 4 is 21.5 Å². The van der Waals surface area contributed by atoms with Gasteiger partial charge in [-0.3, -0.25) is 0 Å². The van der Waals surface area contributed by atoms with Crippen molar-refractivity contribution in [1.29, 1.82) is 0 Å². The Kier molecular flexibility index (Phi) is 4.23. The van der Waals surface area contributed by atoms with Crippen LogP contribution in [0.15, 0.2) is 133 Å². The summed E-state index contributed by atoms with van der Waals surface area (Å²) in [6, 6.07) is 39.9. The van der Waals surface area contributed by atoms with Gasteiger partial charge in [0.15, 0.2) is 0 Å².